The van der Waals surface area contributed by atoms with Gasteiger partial charge in [-0.15, -0.1) is 11.8 Å². The van der Waals surface area contributed by atoms with Crippen LogP contribution in [0.1, 0.15) is 47.4 Å². The molecule has 0 saturated carbocycles. The number of pyridine rings is 1. The van der Waals surface area contributed by atoms with E-state index in [-0.39, 0.29) is 5.41 Å². The number of hydrogen-bond donors (Lipinski definition) is 0. The number of methoxy groups -OCH3 is 1. The molecule has 24 heavy (non-hydrogen) atoms. The van der Waals surface area contributed by atoms with Crippen molar-refractivity contribution in [3.8, 4) is 11.8 Å². The third-order valence-electron chi connectivity index (χ3n) is 4.21. The second-order valence-electron chi connectivity index (χ2n) is 6.37. The van der Waals surface area contributed by atoms with Crippen LogP contribution in [0, 0.1) is 11.8 Å². The smallest absolute Gasteiger partial charge is 0.339 e. The van der Waals surface area contributed by atoms with E-state index in [9.17, 15) is 4.79 Å². The summed E-state index contributed by atoms with van der Waals surface area (Å²) in [6.45, 7) is 4.58. The molecule has 3 nitrogen and oxygen atoms in total. The van der Waals surface area contributed by atoms with E-state index in [0.29, 0.717) is 11.3 Å². The summed E-state index contributed by atoms with van der Waals surface area (Å²) in [4.78, 5) is 17.0. The first kappa shape index (κ1) is 16.6. The molecule has 0 saturated heterocycles. The Balaban J connectivity index is 1.85. The number of benzene rings is 1. The number of esters is 1. The Morgan fingerprint density at radius 3 is 2.79 bits per heavy atom. The average molecular weight is 337 g/mol. The first-order valence-corrected chi connectivity index (χ1v) is 8.82. The van der Waals surface area contributed by atoms with Gasteiger partial charge >= 0.3 is 5.97 Å². The number of aromatic nitrogens is 1. The summed E-state index contributed by atoms with van der Waals surface area (Å²) in [5, 5.41) is 0. The van der Waals surface area contributed by atoms with Gasteiger partial charge < -0.3 is 4.74 Å². The highest BCUT2D eigenvalue weighted by Crippen LogP contribution is 2.41. The molecule has 0 aliphatic carbocycles. The highest BCUT2D eigenvalue weighted by molar-refractivity contribution is 7.99. The number of carbonyl (C=O) groups excluding carboxylic acids is 1. The van der Waals surface area contributed by atoms with Crippen molar-refractivity contribution in [2.45, 2.75) is 30.6 Å². The zero-order valence-corrected chi connectivity index (χ0v) is 14.9. The third-order valence-corrected chi connectivity index (χ3v) is 5.29. The van der Waals surface area contributed by atoms with Crippen molar-refractivity contribution in [3.05, 3.63) is 58.9 Å². The standard InChI is InChI=1S/C20H19NO2S/c1-20(2)10-11-24-18-9-5-14(12-17(18)20)4-7-16-8-6-15(13-21-16)19(22)23-3/h5-6,8-9,12-13H,10-11H2,1-3H3. The molecule has 0 N–H and O–H groups in total. The molecular weight excluding hydrogens is 318 g/mol. The van der Waals surface area contributed by atoms with Gasteiger partial charge in [0, 0.05) is 16.7 Å². The van der Waals surface area contributed by atoms with Crippen molar-refractivity contribution in [2.75, 3.05) is 12.9 Å². The summed E-state index contributed by atoms with van der Waals surface area (Å²) in [7, 11) is 1.35. The lowest BCUT2D eigenvalue weighted by Crippen LogP contribution is -2.22. The molecule has 0 atom stereocenters. The van der Waals surface area contributed by atoms with Crippen LogP contribution in [-0.2, 0) is 10.2 Å². The maximum Gasteiger partial charge on any atom is 0.339 e. The molecule has 3 rings (SSSR count). The van der Waals surface area contributed by atoms with Gasteiger partial charge in [0.05, 0.1) is 12.7 Å². The largest absolute Gasteiger partial charge is 0.465 e. The quantitative estimate of drug-likeness (QED) is 0.581. The number of nitrogens with zero attached hydrogens (tertiary/aromatic N) is 1. The maximum absolute atomic E-state index is 11.4. The SMILES string of the molecule is COC(=O)c1ccc(C#Cc2ccc3c(c2)C(C)(C)CCS3)nc1. The van der Waals surface area contributed by atoms with Crippen LogP contribution in [0.25, 0.3) is 0 Å². The van der Waals surface area contributed by atoms with Gasteiger partial charge in [-0.3, -0.25) is 0 Å². The van der Waals surface area contributed by atoms with Gasteiger partial charge in [-0.1, -0.05) is 19.8 Å². The predicted octanol–water partition coefficient (Wildman–Crippen LogP) is 4.04. The molecule has 4 heteroatoms. The normalized spacial score (nSPS) is 15.0. The first-order chi connectivity index (χ1) is 11.5. The molecular formula is C20H19NO2S. The van der Waals surface area contributed by atoms with Gasteiger partial charge in [-0.05, 0) is 59.4 Å². The monoisotopic (exact) mass is 337 g/mol. The van der Waals surface area contributed by atoms with Gasteiger partial charge in [0.1, 0.15) is 5.69 Å². The van der Waals surface area contributed by atoms with Crippen molar-refractivity contribution in [3.63, 3.8) is 0 Å². The molecule has 1 aliphatic heterocycles. The van der Waals surface area contributed by atoms with Crippen molar-refractivity contribution >= 4 is 17.7 Å². The molecule has 1 aromatic carbocycles. The van der Waals surface area contributed by atoms with Crippen LogP contribution < -0.4 is 0 Å². The van der Waals surface area contributed by atoms with Gasteiger partial charge in [0.15, 0.2) is 0 Å². The number of fused-ring (bicyclic) bond motifs is 1. The van der Waals surface area contributed by atoms with Crippen LogP contribution in [0.4, 0.5) is 0 Å². The summed E-state index contributed by atoms with van der Waals surface area (Å²) in [5.74, 6) is 7.01. The van der Waals surface area contributed by atoms with Crippen LogP contribution in [0.15, 0.2) is 41.4 Å². The Labute approximate surface area is 146 Å². The van der Waals surface area contributed by atoms with Gasteiger partial charge in [-0.2, -0.15) is 0 Å². The lowest BCUT2D eigenvalue weighted by atomic mass is 9.81. The van der Waals surface area contributed by atoms with Crippen LogP contribution in [0.5, 0.6) is 0 Å². The van der Waals surface area contributed by atoms with E-state index in [2.05, 4.69) is 53.6 Å². The van der Waals surface area contributed by atoms with Crippen LogP contribution in [0.2, 0.25) is 0 Å². The maximum atomic E-state index is 11.4. The fourth-order valence-electron chi connectivity index (χ4n) is 2.66. The minimum Gasteiger partial charge on any atom is -0.465 e. The molecule has 2 aromatic rings. The van der Waals surface area contributed by atoms with Crippen LogP contribution in [0.3, 0.4) is 0 Å². The summed E-state index contributed by atoms with van der Waals surface area (Å²) in [5.41, 5.74) is 3.62. The topological polar surface area (TPSA) is 39.2 Å². The minimum absolute atomic E-state index is 0.193. The summed E-state index contributed by atoms with van der Waals surface area (Å²) in [6, 6.07) is 9.83. The molecule has 0 fully saturated rings. The van der Waals surface area contributed by atoms with E-state index in [1.807, 2.05) is 11.8 Å². The van der Waals surface area contributed by atoms with E-state index >= 15 is 0 Å². The fourth-order valence-corrected chi connectivity index (χ4v) is 4.14. The molecule has 0 bridgehead atoms. The van der Waals surface area contributed by atoms with Gasteiger partial charge in [0.2, 0.25) is 0 Å². The van der Waals surface area contributed by atoms with Crippen molar-refractivity contribution in [2.24, 2.45) is 0 Å². The molecule has 0 unspecified atom stereocenters. The Morgan fingerprint density at radius 2 is 2.08 bits per heavy atom. The van der Waals surface area contributed by atoms with Gasteiger partial charge in [0.25, 0.3) is 0 Å². The van der Waals surface area contributed by atoms with E-state index in [1.54, 1.807) is 12.1 Å². The highest BCUT2D eigenvalue weighted by atomic mass is 32.2. The van der Waals surface area contributed by atoms with E-state index in [1.165, 1.54) is 35.9 Å². The molecule has 0 spiro atoms. The molecule has 1 aliphatic rings. The molecule has 0 amide bonds. The van der Waals surface area contributed by atoms with Crippen LogP contribution >= 0.6 is 11.8 Å². The number of carbonyl (C=O) groups is 1. The van der Waals surface area contributed by atoms with E-state index in [4.69, 9.17) is 0 Å². The third kappa shape index (κ3) is 3.47. The predicted molar refractivity (Wildman–Crippen MR) is 96.4 cm³/mol. The number of hydrogen-bond acceptors (Lipinski definition) is 4. The Bertz CT molecular complexity index is 829. The van der Waals surface area contributed by atoms with Crippen molar-refractivity contribution in [1.29, 1.82) is 0 Å². The summed E-state index contributed by atoms with van der Waals surface area (Å²) < 4.78 is 4.66. The Kier molecular flexibility index (Phi) is 4.64. The van der Waals surface area contributed by atoms with Crippen molar-refractivity contribution < 1.29 is 9.53 Å². The highest BCUT2D eigenvalue weighted by Gasteiger charge is 2.27. The molecule has 0 radical (unpaired) electrons. The lowest BCUT2D eigenvalue weighted by Gasteiger charge is -2.32. The number of rotatable bonds is 1. The second-order valence-corrected chi connectivity index (χ2v) is 7.50. The van der Waals surface area contributed by atoms with Gasteiger partial charge in [-0.25, -0.2) is 9.78 Å². The lowest BCUT2D eigenvalue weighted by molar-refractivity contribution is 0.0600. The molecule has 2 heterocycles. The Hall–Kier alpha value is -2.25. The zero-order chi connectivity index (χ0) is 17.2. The zero-order valence-electron chi connectivity index (χ0n) is 14.1. The van der Waals surface area contributed by atoms with Crippen LogP contribution in [-0.4, -0.2) is 23.8 Å². The molecule has 122 valence electrons. The summed E-state index contributed by atoms with van der Waals surface area (Å²) >= 11 is 1.92. The van der Waals surface area contributed by atoms with E-state index < -0.39 is 5.97 Å². The number of ether oxygens (including phenoxy) is 1. The molecule has 1 aromatic heterocycles. The second kappa shape index (κ2) is 6.70. The van der Waals surface area contributed by atoms with E-state index in [0.717, 1.165) is 5.56 Å². The number of thioether (sulfide) groups is 1. The average Bonchev–Trinajstić information content (AvgIpc) is 2.60. The first-order valence-electron chi connectivity index (χ1n) is 7.83. The Morgan fingerprint density at radius 1 is 1.25 bits per heavy atom. The summed E-state index contributed by atoms with van der Waals surface area (Å²) in [6.07, 6.45) is 2.67. The minimum atomic E-state index is -0.392. The van der Waals surface area contributed by atoms with Crippen molar-refractivity contribution in [1.82, 2.24) is 4.98 Å². The fraction of sp³-hybridized carbons (Fsp3) is 0.300.